The molecule has 140 valence electrons. The van der Waals surface area contributed by atoms with E-state index in [1.165, 1.54) is 12.7 Å². The van der Waals surface area contributed by atoms with Gasteiger partial charge in [0, 0.05) is 6.08 Å². The zero-order valence-electron chi connectivity index (χ0n) is 16.1. The molecule has 2 fully saturated rings. The van der Waals surface area contributed by atoms with Crippen molar-refractivity contribution >= 4 is 11.9 Å². The highest BCUT2D eigenvalue weighted by Crippen LogP contribution is 2.62. The number of aliphatic carboxylic acids is 1. The van der Waals surface area contributed by atoms with Crippen molar-refractivity contribution in [2.75, 3.05) is 7.11 Å². The lowest BCUT2D eigenvalue weighted by molar-refractivity contribution is -0.164. The van der Waals surface area contributed by atoms with Gasteiger partial charge in [0.15, 0.2) is 0 Å². The molecule has 2 aliphatic rings. The highest BCUT2D eigenvalue weighted by Gasteiger charge is 2.57. The quantitative estimate of drug-likeness (QED) is 0.442. The number of fused-ring (bicyclic) bond motifs is 1. The minimum absolute atomic E-state index is 0.0216. The van der Waals surface area contributed by atoms with Crippen molar-refractivity contribution in [3.8, 4) is 0 Å². The summed E-state index contributed by atoms with van der Waals surface area (Å²) in [6.45, 7) is 10.5. The number of allylic oxidation sites excluding steroid dienone is 2. The molecule has 4 heteroatoms. The first kappa shape index (κ1) is 19.7. The van der Waals surface area contributed by atoms with Gasteiger partial charge in [0.25, 0.3) is 0 Å². The van der Waals surface area contributed by atoms with Gasteiger partial charge in [0.05, 0.1) is 12.5 Å². The van der Waals surface area contributed by atoms with Gasteiger partial charge in [-0.25, -0.2) is 4.79 Å². The molecule has 2 rings (SSSR count). The maximum absolute atomic E-state index is 12.0. The molecule has 0 aromatic carbocycles. The summed E-state index contributed by atoms with van der Waals surface area (Å²) in [5, 5.41) is 9.86. The number of esters is 1. The van der Waals surface area contributed by atoms with Crippen molar-refractivity contribution in [3.63, 3.8) is 0 Å². The monoisotopic (exact) mass is 348 g/mol. The van der Waals surface area contributed by atoms with Crippen molar-refractivity contribution < 1.29 is 19.4 Å². The van der Waals surface area contributed by atoms with Gasteiger partial charge >= 0.3 is 11.9 Å². The van der Waals surface area contributed by atoms with Crippen LogP contribution in [0.25, 0.3) is 0 Å². The fourth-order valence-corrected chi connectivity index (χ4v) is 5.44. The van der Waals surface area contributed by atoms with Gasteiger partial charge in [-0.2, -0.15) is 0 Å². The first-order valence-corrected chi connectivity index (χ1v) is 9.31. The van der Waals surface area contributed by atoms with E-state index in [9.17, 15) is 14.7 Å². The second-order valence-electron chi connectivity index (χ2n) is 8.44. The average Bonchev–Trinajstić information content (AvgIpc) is 2.53. The molecule has 0 aliphatic heterocycles. The lowest BCUT2D eigenvalue weighted by atomic mass is 9.46. The normalized spacial score (nSPS) is 35.8. The molecule has 0 radical (unpaired) electrons. The lowest BCUT2D eigenvalue weighted by Gasteiger charge is -2.57. The van der Waals surface area contributed by atoms with E-state index in [1.807, 2.05) is 13.8 Å². The molecule has 4 atom stereocenters. The number of hydrogen-bond acceptors (Lipinski definition) is 3. The predicted molar refractivity (Wildman–Crippen MR) is 98.1 cm³/mol. The Bertz CT molecular complexity index is 591. The van der Waals surface area contributed by atoms with Crippen LogP contribution in [0.5, 0.6) is 0 Å². The highest BCUT2D eigenvalue weighted by atomic mass is 16.5. The van der Waals surface area contributed by atoms with Crippen LogP contribution >= 0.6 is 0 Å². The third-order valence-corrected chi connectivity index (χ3v) is 6.90. The number of carboxylic acids is 1. The van der Waals surface area contributed by atoms with E-state index in [-0.39, 0.29) is 17.3 Å². The SMILES string of the molecule is C=C1CC[C@H]2[C@](C)(CCC[C@@]2(C)C(=O)O)[C@H]1CCC(C)=CC(=O)OC. The van der Waals surface area contributed by atoms with Gasteiger partial charge in [-0.15, -0.1) is 0 Å². The minimum Gasteiger partial charge on any atom is -0.481 e. The molecule has 0 spiro atoms. The summed E-state index contributed by atoms with van der Waals surface area (Å²) >= 11 is 0. The fraction of sp³-hybridized carbons (Fsp3) is 0.714. The summed E-state index contributed by atoms with van der Waals surface area (Å²) in [5.41, 5.74) is 1.59. The van der Waals surface area contributed by atoms with Crippen LogP contribution < -0.4 is 0 Å². The van der Waals surface area contributed by atoms with Crippen molar-refractivity contribution in [2.24, 2.45) is 22.7 Å². The molecule has 25 heavy (non-hydrogen) atoms. The van der Waals surface area contributed by atoms with Gasteiger partial charge in [-0.3, -0.25) is 4.79 Å². The topological polar surface area (TPSA) is 63.6 Å². The summed E-state index contributed by atoms with van der Waals surface area (Å²) in [6.07, 6.45) is 7.89. The summed E-state index contributed by atoms with van der Waals surface area (Å²) in [7, 11) is 1.38. The average molecular weight is 348 g/mol. The summed E-state index contributed by atoms with van der Waals surface area (Å²) in [6, 6.07) is 0. The molecule has 0 bridgehead atoms. The van der Waals surface area contributed by atoms with Crippen molar-refractivity contribution in [1.82, 2.24) is 0 Å². The van der Waals surface area contributed by atoms with Crippen LogP contribution in [0.1, 0.15) is 65.7 Å². The lowest BCUT2D eigenvalue weighted by Crippen LogP contribution is -2.53. The highest BCUT2D eigenvalue weighted by molar-refractivity contribution is 5.82. The number of ether oxygens (including phenoxy) is 1. The second-order valence-corrected chi connectivity index (χ2v) is 8.44. The molecule has 0 saturated heterocycles. The number of carboxylic acid groups (broad SMARTS) is 1. The zero-order valence-corrected chi connectivity index (χ0v) is 16.1. The Balaban J connectivity index is 2.22. The molecule has 0 amide bonds. The molecular formula is C21H32O4. The number of carbonyl (C=O) groups is 2. The molecule has 1 N–H and O–H groups in total. The standard InChI is InChI=1S/C21H32O4/c1-14(13-18(22)25-5)7-9-16-15(2)8-10-17-20(16,3)11-6-12-21(17,4)19(23)24/h13,16-17H,2,6-12H2,1,3-5H3,(H,23,24)/t16-,17-,20+,21+/m0/s1. The van der Waals surface area contributed by atoms with Crippen molar-refractivity contribution in [3.05, 3.63) is 23.8 Å². The predicted octanol–water partition coefficient (Wildman–Crippen LogP) is 4.75. The first-order chi connectivity index (χ1) is 11.6. The van der Waals surface area contributed by atoms with E-state index >= 15 is 0 Å². The van der Waals surface area contributed by atoms with E-state index in [0.717, 1.165) is 50.5 Å². The van der Waals surface area contributed by atoms with Crippen molar-refractivity contribution in [1.29, 1.82) is 0 Å². The molecule has 0 unspecified atom stereocenters. The Hall–Kier alpha value is -1.58. The van der Waals surface area contributed by atoms with Crippen LogP contribution in [-0.2, 0) is 14.3 Å². The largest absolute Gasteiger partial charge is 0.481 e. The van der Waals surface area contributed by atoms with Gasteiger partial charge in [-0.05, 0) is 69.6 Å². The van der Waals surface area contributed by atoms with Gasteiger partial charge in [0.1, 0.15) is 0 Å². The molecule has 0 aromatic rings. The molecular weight excluding hydrogens is 316 g/mol. The summed E-state index contributed by atoms with van der Waals surface area (Å²) < 4.78 is 4.70. The number of hydrogen-bond donors (Lipinski definition) is 1. The van der Waals surface area contributed by atoms with Crippen LogP contribution in [0.2, 0.25) is 0 Å². The molecule has 0 aromatic heterocycles. The van der Waals surface area contributed by atoms with Crippen LogP contribution in [-0.4, -0.2) is 24.2 Å². The van der Waals surface area contributed by atoms with E-state index in [2.05, 4.69) is 13.5 Å². The maximum Gasteiger partial charge on any atom is 0.330 e. The van der Waals surface area contributed by atoms with Gasteiger partial charge in [-0.1, -0.05) is 31.1 Å². The van der Waals surface area contributed by atoms with E-state index in [0.29, 0.717) is 5.92 Å². The van der Waals surface area contributed by atoms with Gasteiger partial charge in [0.2, 0.25) is 0 Å². The Morgan fingerprint density at radius 2 is 2.04 bits per heavy atom. The third-order valence-electron chi connectivity index (χ3n) is 6.90. The zero-order chi connectivity index (χ0) is 18.8. The number of carbonyl (C=O) groups excluding carboxylic acids is 1. The molecule has 2 saturated carbocycles. The first-order valence-electron chi connectivity index (χ1n) is 9.31. The van der Waals surface area contributed by atoms with Crippen LogP contribution in [0.3, 0.4) is 0 Å². The van der Waals surface area contributed by atoms with Crippen LogP contribution in [0.15, 0.2) is 23.8 Å². The summed E-state index contributed by atoms with van der Waals surface area (Å²) in [5.74, 6) is -0.477. The van der Waals surface area contributed by atoms with Crippen LogP contribution in [0.4, 0.5) is 0 Å². The minimum atomic E-state index is -0.656. The summed E-state index contributed by atoms with van der Waals surface area (Å²) in [4.78, 5) is 23.4. The van der Waals surface area contributed by atoms with E-state index in [1.54, 1.807) is 6.08 Å². The smallest absolute Gasteiger partial charge is 0.330 e. The number of methoxy groups -OCH3 is 1. The Kier molecular flexibility index (Phi) is 5.80. The Morgan fingerprint density at radius 3 is 2.64 bits per heavy atom. The molecule has 0 heterocycles. The number of rotatable bonds is 5. The van der Waals surface area contributed by atoms with Crippen LogP contribution in [0, 0.1) is 22.7 Å². The second kappa shape index (κ2) is 7.35. The Labute approximate surface area is 151 Å². The maximum atomic E-state index is 12.0. The fourth-order valence-electron chi connectivity index (χ4n) is 5.44. The molecule has 2 aliphatic carbocycles. The van der Waals surface area contributed by atoms with Gasteiger partial charge < -0.3 is 9.84 Å². The Morgan fingerprint density at radius 1 is 1.36 bits per heavy atom. The third kappa shape index (κ3) is 3.68. The molecule has 4 nitrogen and oxygen atoms in total. The van der Waals surface area contributed by atoms with Crippen molar-refractivity contribution in [2.45, 2.75) is 65.7 Å². The van der Waals surface area contributed by atoms with E-state index < -0.39 is 11.4 Å². The van der Waals surface area contributed by atoms with E-state index in [4.69, 9.17) is 4.74 Å².